The van der Waals surface area contributed by atoms with E-state index in [0.29, 0.717) is 45.0 Å². The molecule has 3 heterocycles. The lowest BCUT2D eigenvalue weighted by Gasteiger charge is -2.11. The van der Waals surface area contributed by atoms with Crippen molar-refractivity contribution in [2.24, 2.45) is 0 Å². The lowest BCUT2D eigenvalue weighted by molar-refractivity contribution is 0.102. The monoisotopic (exact) mass is 640 g/mol. The van der Waals surface area contributed by atoms with Gasteiger partial charge in [0.1, 0.15) is 4.83 Å². The number of halogens is 1. The predicted molar refractivity (Wildman–Crippen MR) is 180 cm³/mol. The minimum atomic E-state index is -0.225. The number of hydrogen-bond donors (Lipinski definition) is 1. The van der Waals surface area contributed by atoms with Crippen molar-refractivity contribution in [3.63, 3.8) is 0 Å². The van der Waals surface area contributed by atoms with Crippen LogP contribution in [0.4, 0.5) is 5.13 Å². The summed E-state index contributed by atoms with van der Waals surface area (Å²) in [7, 11) is 0. The standard InChI is InChI=1S/C33H25ClN4O2S3/c1-2-16-38-31(40)28-26(22-8-4-3-5-9-22)20-41-30(28)37-33(38)42-19-21-12-14-23(15-13-21)29(39)36-32-35-18-25(43-32)17-24-10-6-7-11-27(24)34/h2-15,18,20H,1,16-17,19H2,(H,35,36,39). The number of hydrogen-bond acceptors (Lipinski definition) is 7. The third-order valence-corrected chi connectivity index (χ3v) is 9.94. The number of benzene rings is 3. The fourth-order valence-electron chi connectivity index (χ4n) is 4.58. The van der Waals surface area contributed by atoms with Gasteiger partial charge in [0, 0.05) is 51.3 Å². The first kappa shape index (κ1) is 29.1. The number of rotatable bonds is 10. The number of nitrogens with zero attached hydrogens (tertiary/aromatic N) is 3. The van der Waals surface area contributed by atoms with E-state index in [-0.39, 0.29) is 11.5 Å². The summed E-state index contributed by atoms with van der Waals surface area (Å²) >= 11 is 10.7. The molecule has 1 amide bonds. The second-order valence-corrected chi connectivity index (χ2v) is 13.0. The smallest absolute Gasteiger partial charge is 0.263 e. The van der Waals surface area contributed by atoms with Gasteiger partial charge in [0.25, 0.3) is 11.5 Å². The highest BCUT2D eigenvalue weighted by molar-refractivity contribution is 7.98. The zero-order chi connectivity index (χ0) is 29.8. The number of thioether (sulfide) groups is 1. The Labute approximate surface area is 265 Å². The molecule has 0 atom stereocenters. The van der Waals surface area contributed by atoms with E-state index in [9.17, 15) is 9.59 Å². The summed E-state index contributed by atoms with van der Waals surface area (Å²) in [6, 6.07) is 25.0. The van der Waals surface area contributed by atoms with Gasteiger partial charge in [-0.15, -0.1) is 29.3 Å². The molecule has 0 spiro atoms. The van der Waals surface area contributed by atoms with Crippen LogP contribution in [0.5, 0.6) is 0 Å². The minimum Gasteiger partial charge on any atom is -0.298 e. The van der Waals surface area contributed by atoms with Crippen molar-refractivity contribution in [2.45, 2.75) is 23.9 Å². The lowest BCUT2D eigenvalue weighted by Crippen LogP contribution is -2.22. The molecule has 43 heavy (non-hydrogen) atoms. The second kappa shape index (κ2) is 13.1. The van der Waals surface area contributed by atoms with Crippen LogP contribution in [-0.4, -0.2) is 20.4 Å². The molecule has 0 radical (unpaired) electrons. The highest BCUT2D eigenvalue weighted by Gasteiger charge is 2.17. The van der Waals surface area contributed by atoms with Crippen molar-refractivity contribution in [1.29, 1.82) is 0 Å². The van der Waals surface area contributed by atoms with Crippen LogP contribution < -0.4 is 10.9 Å². The van der Waals surface area contributed by atoms with Crippen molar-refractivity contribution in [3.05, 3.63) is 140 Å². The number of carbonyl (C=O) groups excluding carboxylic acids is 1. The van der Waals surface area contributed by atoms with Crippen molar-refractivity contribution in [1.82, 2.24) is 14.5 Å². The van der Waals surface area contributed by atoms with Crippen LogP contribution in [0, 0.1) is 0 Å². The van der Waals surface area contributed by atoms with E-state index in [0.717, 1.165) is 32.0 Å². The Morgan fingerprint density at radius 2 is 1.81 bits per heavy atom. The molecule has 6 rings (SSSR count). The number of thiazole rings is 1. The van der Waals surface area contributed by atoms with Crippen molar-refractivity contribution in [3.8, 4) is 11.1 Å². The summed E-state index contributed by atoms with van der Waals surface area (Å²) in [5.74, 6) is 0.364. The van der Waals surface area contributed by atoms with Crippen LogP contribution in [-0.2, 0) is 18.7 Å². The second-order valence-electron chi connectivity index (χ2n) is 9.63. The number of fused-ring (bicyclic) bond motifs is 1. The number of aromatic nitrogens is 3. The van der Waals surface area contributed by atoms with Crippen molar-refractivity contribution >= 4 is 67.3 Å². The maximum atomic E-state index is 13.6. The van der Waals surface area contributed by atoms with Crippen molar-refractivity contribution in [2.75, 3.05) is 5.32 Å². The van der Waals surface area contributed by atoms with E-state index in [1.54, 1.807) is 29.0 Å². The largest absolute Gasteiger partial charge is 0.298 e. The molecule has 3 aromatic carbocycles. The first-order valence-corrected chi connectivity index (χ1v) is 16.5. The fourth-order valence-corrected chi connectivity index (χ4v) is 7.57. The van der Waals surface area contributed by atoms with Gasteiger partial charge >= 0.3 is 0 Å². The molecule has 6 nitrogen and oxygen atoms in total. The molecule has 6 aromatic rings. The fraction of sp³-hybridized carbons (Fsp3) is 0.0909. The molecule has 0 fully saturated rings. The number of anilines is 1. The third kappa shape index (κ3) is 6.50. The molecular weight excluding hydrogens is 616 g/mol. The van der Waals surface area contributed by atoms with Crippen LogP contribution in [0.25, 0.3) is 21.3 Å². The average molecular weight is 641 g/mol. The van der Waals surface area contributed by atoms with Gasteiger partial charge < -0.3 is 0 Å². The van der Waals surface area contributed by atoms with Gasteiger partial charge in [-0.3, -0.25) is 19.5 Å². The first-order chi connectivity index (χ1) is 21.0. The number of allylic oxidation sites excluding steroid dienone is 1. The van der Waals surface area contributed by atoms with Gasteiger partial charge in [0.05, 0.1) is 5.39 Å². The number of nitrogens with one attached hydrogen (secondary N) is 1. The summed E-state index contributed by atoms with van der Waals surface area (Å²) in [5, 5.41) is 7.41. The number of amides is 1. The normalized spacial score (nSPS) is 11.1. The molecule has 0 aliphatic carbocycles. The van der Waals surface area contributed by atoms with E-state index in [2.05, 4.69) is 16.9 Å². The van der Waals surface area contributed by atoms with Crippen LogP contribution in [0.1, 0.15) is 26.4 Å². The van der Waals surface area contributed by atoms with Gasteiger partial charge in [0.2, 0.25) is 0 Å². The molecule has 214 valence electrons. The van der Waals surface area contributed by atoms with Crippen LogP contribution in [0.2, 0.25) is 5.02 Å². The molecule has 0 saturated heterocycles. The SMILES string of the molecule is C=CCn1c(SCc2ccc(C(=O)Nc3ncc(Cc4ccccc4Cl)s3)cc2)nc2scc(-c3ccccc3)c2c1=O. The van der Waals surface area contributed by atoms with Crippen LogP contribution >= 0.6 is 46.0 Å². The van der Waals surface area contributed by atoms with E-state index >= 15 is 0 Å². The Kier molecular flexibility index (Phi) is 8.85. The molecule has 10 heteroatoms. The highest BCUT2D eigenvalue weighted by atomic mass is 35.5. The quantitative estimate of drug-likeness (QED) is 0.0922. The summed E-state index contributed by atoms with van der Waals surface area (Å²) in [6.45, 7) is 4.21. The summed E-state index contributed by atoms with van der Waals surface area (Å²) in [6.07, 6.45) is 4.13. The maximum Gasteiger partial charge on any atom is 0.263 e. The highest BCUT2D eigenvalue weighted by Crippen LogP contribution is 2.33. The zero-order valence-electron chi connectivity index (χ0n) is 22.8. The Morgan fingerprint density at radius 1 is 1.05 bits per heavy atom. The van der Waals surface area contributed by atoms with E-state index in [1.807, 2.05) is 72.1 Å². The van der Waals surface area contributed by atoms with Crippen LogP contribution in [0.15, 0.2) is 113 Å². The lowest BCUT2D eigenvalue weighted by atomic mass is 10.1. The Balaban J connectivity index is 1.13. The van der Waals surface area contributed by atoms with Gasteiger partial charge in [-0.05, 0) is 34.9 Å². The zero-order valence-corrected chi connectivity index (χ0v) is 26.0. The Morgan fingerprint density at radius 3 is 2.58 bits per heavy atom. The molecule has 3 aromatic heterocycles. The Bertz CT molecular complexity index is 1980. The molecule has 1 N–H and O–H groups in total. The van der Waals surface area contributed by atoms with Crippen LogP contribution in [0.3, 0.4) is 0 Å². The molecule has 0 saturated carbocycles. The number of thiophene rings is 1. The predicted octanol–water partition coefficient (Wildman–Crippen LogP) is 8.56. The van der Waals surface area contributed by atoms with Gasteiger partial charge in [-0.25, -0.2) is 9.97 Å². The first-order valence-electron chi connectivity index (χ1n) is 13.4. The maximum absolute atomic E-state index is 13.6. The van der Waals surface area contributed by atoms with E-state index in [4.69, 9.17) is 16.6 Å². The number of carbonyl (C=O) groups is 1. The molecule has 0 aliphatic rings. The van der Waals surface area contributed by atoms with E-state index < -0.39 is 0 Å². The average Bonchev–Trinajstić information content (AvgIpc) is 3.66. The van der Waals surface area contributed by atoms with Gasteiger partial charge in [-0.2, -0.15) is 0 Å². The van der Waals surface area contributed by atoms with Gasteiger partial charge in [-0.1, -0.05) is 90.1 Å². The summed E-state index contributed by atoms with van der Waals surface area (Å²) in [4.78, 5) is 37.4. The Hall–Kier alpha value is -4.02. The van der Waals surface area contributed by atoms with Gasteiger partial charge in [0.15, 0.2) is 10.3 Å². The topological polar surface area (TPSA) is 76.9 Å². The van der Waals surface area contributed by atoms with E-state index in [1.165, 1.54) is 34.4 Å². The minimum absolute atomic E-state index is 0.0725. The summed E-state index contributed by atoms with van der Waals surface area (Å²) in [5.41, 5.74) is 4.38. The summed E-state index contributed by atoms with van der Waals surface area (Å²) < 4.78 is 1.68. The third-order valence-electron chi connectivity index (χ3n) is 6.74. The molecule has 0 bridgehead atoms. The molecular formula is C33H25ClN4O2S3. The molecule has 0 unspecified atom stereocenters. The van der Waals surface area contributed by atoms with Crippen molar-refractivity contribution < 1.29 is 4.79 Å². The molecule has 0 aliphatic heterocycles.